The van der Waals surface area contributed by atoms with Gasteiger partial charge in [0, 0.05) is 17.6 Å². The van der Waals surface area contributed by atoms with Crippen LogP contribution in [0, 0.1) is 11.8 Å². The van der Waals surface area contributed by atoms with Crippen molar-refractivity contribution < 1.29 is 0 Å². The summed E-state index contributed by atoms with van der Waals surface area (Å²) in [5.41, 5.74) is 5.41. The highest BCUT2D eigenvalue weighted by Gasteiger charge is 2.31. The zero-order valence-corrected chi connectivity index (χ0v) is 12.0. The molecule has 1 fully saturated rings. The summed E-state index contributed by atoms with van der Waals surface area (Å²) < 4.78 is 0. The summed E-state index contributed by atoms with van der Waals surface area (Å²) in [7, 11) is 0. The number of pyridine rings is 1. The van der Waals surface area contributed by atoms with Crippen LogP contribution in [-0.4, -0.2) is 4.98 Å². The molecule has 3 rings (SSSR count). The summed E-state index contributed by atoms with van der Waals surface area (Å²) >= 11 is 0. The van der Waals surface area contributed by atoms with Gasteiger partial charge in [-0.25, -0.2) is 0 Å². The first-order valence-corrected chi connectivity index (χ1v) is 7.63. The molecule has 1 aliphatic rings. The Labute approximate surface area is 120 Å². The normalized spacial score (nSPS) is 24.1. The molecular weight excluding hydrogens is 246 g/mol. The monoisotopic (exact) mass is 269 g/mol. The van der Waals surface area contributed by atoms with Gasteiger partial charge in [0.2, 0.25) is 0 Å². The van der Waals surface area contributed by atoms with Crippen molar-refractivity contribution in [3.8, 4) is 0 Å². The van der Waals surface area contributed by atoms with Crippen molar-refractivity contribution in [3.63, 3.8) is 0 Å². The van der Waals surface area contributed by atoms with Crippen molar-refractivity contribution in [2.75, 3.05) is 0 Å². The molecule has 0 saturated heterocycles. The van der Waals surface area contributed by atoms with E-state index < -0.39 is 0 Å². The molecular formula is C17H23N3. The van der Waals surface area contributed by atoms with Gasteiger partial charge >= 0.3 is 0 Å². The van der Waals surface area contributed by atoms with E-state index in [-0.39, 0.29) is 6.04 Å². The highest BCUT2D eigenvalue weighted by Crippen LogP contribution is 2.41. The van der Waals surface area contributed by atoms with E-state index in [2.05, 4.69) is 41.6 Å². The third kappa shape index (κ3) is 2.43. The smallest absolute Gasteiger partial charge is 0.0705 e. The van der Waals surface area contributed by atoms with Gasteiger partial charge in [0.1, 0.15) is 0 Å². The lowest BCUT2D eigenvalue weighted by Crippen LogP contribution is -2.33. The van der Waals surface area contributed by atoms with Crippen LogP contribution >= 0.6 is 0 Å². The van der Waals surface area contributed by atoms with Crippen LogP contribution in [0.4, 0.5) is 0 Å². The molecule has 1 heterocycles. The zero-order chi connectivity index (χ0) is 13.9. The average molecular weight is 269 g/mol. The van der Waals surface area contributed by atoms with Crippen LogP contribution in [0.25, 0.3) is 10.9 Å². The number of rotatable bonds is 4. The Kier molecular flexibility index (Phi) is 3.99. The van der Waals surface area contributed by atoms with E-state index in [1.54, 1.807) is 0 Å². The molecule has 0 radical (unpaired) electrons. The van der Waals surface area contributed by atoms with E-state index in [0.717, 1.165) is 11.4 Å². The van der Waals surface area contributed by atoms with Crippen LogP contribution in [-0.2, 0) is 0 Å². The van der Waals surface area contributed by atoms with E-state index in [1.165, 1.54) is 36.6 Å². The van der Waals surface area contributed by atoms with Crippen LogP contribution < -0.4 is 11.3 Å². The van der Waals surface area contributed by atoms with Gasteiger partial charge in [-0.1, -0.05) is 38.0 Å². The summed E-state index contributed by atoms with van der Waals surface area (Å²) in [5, 5.41) is 1.22. The van der Waals surface area contributed by atoms with E-state index in [1.807, 2.05) is 12.3 Å². The minimum atomic E-state index is 0.236. The first kappa shape index (κ1) is 13.5. The van der Waals surface area contributed by atoms with Gasteiger partial charge in [0.25, 0.3) is 0 Å². The lowest BCUT2D eigenvalue weighted by Gasteiger charge is -2.24. The summed E-state index contributed by atoms with van der Waals surface area (Å²) in [4.78, 5) is 4.45. The number of nitrogens with two attached hydrogens (primary N) is 1. The predicted octanol–water partition coefficient (Wildman–Crippen LogP) is 3.57. The molecule has 0 bridgehead atoms. The number of nitrogens with one attached hydrogen (secondary N) is 1. The van der Waals surface area contributed by atoms with Crippen molar-refractivity contribution in [2.45, 2.75) is 38.6 Å². The van der Waals surface area contributed by atoms with Gasteiger partial charge in [-0.3, -0.25) is 16.3 Å². The maximum Gasteiger partial charge on any atom is 0.0705 e. The topological polar surface area (TPSA) is 50.9 Å². The molecule has 0 aliphatic heterocycles. The van der Waals surface area contributed by atoms with E-state index >= 15 is 0 Å². The Bertz CT molecular complexity index is 576. The first-order valence-electron chi connectivity index (χ1n) is 7.63. The second kappa shape index (κ2) is 5.90. The third-order valence-corrected chi connectivity index (χ3v) is 4.82. The minimum absolute atomic E-state index is 0.236. The minimum Gasteiger partial charge on any atom is -0.271 e. The molecule has 0 amide bonds. The van der Waals surface area contributed by atoms with Gasteiger partial charge in [0.15, 0.2) is 0 Å². The fourth-order valence-corrected chi connectivity index (χ4v) is 3.67. The standard InChI is InChI=1S/C17H23N3/c1-2-12-8-9-13(11-12)17(20-18)15-5-3-7-16-14(15)6-4-10-19-16/h3-7,10,12-13,17,20H,2,8-9,11,18H2,1H3. The van der Waals surface area contributed by atoms with E-state index in [9.17, 15) is 0 Å². The fraction of sp³-hybridized carbons (Fsp3) is 0.471. The molecule has 1 aliphatic carbocycles. The Hall–Kier alpha value is -1.45. The lowest BCUT2D eigenvalue weighted by molar-refractivity contribution is 0.360. The van der Waals surface area contributed by atoms with Crippen LogP contribution in [0.2, 0.25) is 0 Å². The quantitative estimate of drug-likeness (QED) is 0.659. The van der Waals surface area contributed by atoms with E-state index in [4.69, 9.17) is 5.84 Å². The molecule has 0 spiro atoms. The van der Waals surface area contributed by atoms with Crippen LogP contribution in [0.3, 0.4) is 0 Å². The Morgan fingerprint density at radius 2 is 2.20 bits per heavy atom. The molecule has 106 valence electrons. The van der Waals surface area contributed by atoms with Gasteiger partial charge < -0.3 is 0 Å². The van der Waals surface area contributed by atoms with Crippen molar-refractivity contribution in [2.24, 2.45) is 17.7 Å². The van der Waals surface area contributed by atoms with Crippen molar-refractivity contribution in [1.82, 2.24) is 10.4 Å². The number of hydrogen-bond acceptors (Lipinski definition) is 3. The van der Waals surface area contributed by atoms with Crippen LogP contribution in [0.1, 0.15) is 44.2 Å². The Morgan fingerprint density at radius 3 is 2.95 bits per heavy atom. The molecule has 1 aromatic carbocycles. The van der Waals surface area contributed by atoms with Crippen molar-refractivity contribution >= 4 is 10.9 Å². The van der Waals surface area contributed by atoms with E-state index in [0.29, 0.717) is 5.92 Å². The molecule has 3 N–H and O–H groups in total. The maximum absolute atomic E-state index is 5.89. The number of benzene rings is 1. The third-order valence-electron chi connectivity index (χ3n) is 4.82. The summed E-state index contributed by atoms with van der Waals surface area (Å²) in [6.07, 6.45) is 7.01. The highest BCUT2D eigenvalue weighted by molar-refractivity contribution is 5.82. The number of nitrogens with zero attached hydrogens (tertiary/aromatic N) is 1. The fourth-order valence-electron chi connectivity index (χ4n) is 3.67. The predicted molar refractivity (Wildman–Crippen MR) is 82.9 cm³/mol. The molecule has 3 heteroatoms. The molecule has 3 unspecified atom stereocenters. The maximum atomic E-state index is 5.89. The first-order chi connectivity index (χ1) is 9.83. The molecule has 1 aromatic heterocycles. The van der Waals surface area contributed by atoms with Gasteiger partial charge in [-0.2, -0.15) is 0 Å². The zero-order valence-electron chi connectivity index (χ0n) is 12.0. The molecule has 3 atom stereocenters. The van der Waals surface area contributed by atoms with Crippen molar-refractivity contribution in [3.05, 3.63) is 42.1 Å². The average Bonchev–Trinajstić information content (AvgIpc) is 2.97. The number of hydrazine groups is 1. The Morgan fingerprint density at radius 1 is 1.30 bits per heavy atom. The second-order valence-corrected chi connectivity index (χ2v) is 5.91. The molecule has 2 aromatic rings. The summed E-state index contributed by atoms with van der Waals surface area (Å²) in [5.74, 6) is 7.39. The highest BCUT2D eigenvalue weighted by atomic mass is 15.2. The SMILES string of the molecule is CCC1CCC(C(NN)c2cccc3ncccc23)C1. The van der Waals surface area contributed by atoms with Crippen LogP contribution in [0.5, 0.6) is 0 Å². The molecule has 3 nitrogen and oxygen atoms in total. The van der Waals surface area contributed by atoms with Gasteiger partial charge in [-0.15, -0.1) is 0 Å². The Balaban J connectivity index is 1.95. The van der Waals surface area contributed by atoms with Crippen LogP contribution in [0.15, 0.2) is 36.5 Å². The summed E-state index contributed by atoms with van der Waals surface area (Å²) in [6.45, 7) is 2.29. The molecule has 1 saturated carbocycles. The lowest BCUT2D eigenvalue weighted by atomic mass is 9.89. The van der Waals surface area contributed by atoms with Crippen molar-refractivity contribution in [1.29, 1.82) is 0 Å². The second-order valence-electron chi connectivity index (χ2n) is 5.91. The molecule has 20 heavy (non-hydrogen) atoms. The summed E-state index contributed by atoms with van der Waals surface area (Å²) in [6, 6.07) is 10.7. The van der Waals surface area contributed by atoms with Gasteiger partial charge in [-0.05, 0) is 42.4 Å². The number of fused-ring (bicyclic) bond motifs is 1. The largest absolute Gasteiger partial charge is 0.271 e. The number of hydrogen-bond donors (Lipinski definition) is 2. The number of aromatic nitrogens is 1. The van der Waals surface area contributed by atoms with Gasteiger partial charge in [0.05, 0.1) is 5.52 Å².